The van der Waals surface area contributed by atoms with Crippen molar-refractivity contribution in [1.82, 2.24) is 0 Å². The number of amides is 1. The van der Waals surface area contributed by atoms with Gasteiger partial charge in [0.1, 0.15) is 0 Å². The van der Waals surface area contributed by atoms with Crippen molar-refractivity contribution in [3.05, 3.63) is 65.7 Å². The summed E-state index contributed by atoms with van der Waals surface area (Å²) in [5, 5.41) is 2.93. The first kappa shape index (κ1) is 10.1. The number of hydrogen-bond acceptors (Lipinski definition) is 1. The lowest BCUT2D eigenvalue weighted by Crippen LogP contribution is -2.14. The molecule has 1 heterocycles. The Balaban J connectivity index is 1.92. The Bertz CT molecular complexity index is 548. The molecule has 0 unspecified atom stereocenters. The molecule has 1 atom stereocenters. The van der Waals surface area contributed by atoms with Crippen molar-refractivity contribution in [1.29, 1.82) is 0 Å². The predicted octanol–water partition coefficient (Wildman–Crippen LogP) is 2.97. The third-order valence-electron chi connectivity index (χ3n) is 3.19. The Morgan fingerprint density at radius 3 is 2.47 bits per heavy atom. The molecule has 17 heavy (non-hydrogen) atoms. The molecule has 1 amide bonds. The number of fused-ring (bicyclic) bond motifs is 1. The molecule has 2 heteroatoms. The van der Waals surface area contributed by atoms with Crippen molar-refractivity contribution in [3.63, 3.8) is 0 Å². The fraction of sp³-hybridized carbons (Fsp3) is 0.133. The highest BCUT2D eigenvalue weighted by atomic mass is 16.2. The standard InChI is InChI=1S/C15H13NO/c17-15-13(10-11-6-2-1-3-7-11)12-8-4-5-9-14(12)16-15/h1-9,13H,10H2,(H,16,17)/t13-/m1/s1. The van der Waals surface area contributed by atoms with Crippen LogP contribution in [0.5, 0.6) is 0 Å². The van der Waals surface area contributed by atoms with Gasteiger partial charge in [-0.3, -0.25) is 4.79 Å². The molecule has 0 aliphatic carbocycles. The maximum Gasteiger partial charge on any atom is 0.232 e. The summed E-state index contributed by atoms with van der Waals surface area (Å²) in [7, 11) is 0. The Kier molecular flexibility index (Phi) is 2.41. The highest BCUT2D eigenvalue weighted by Gasteiger charge is 2.29. The SMILES string of the molecule is O=C1Nc2ccccc2[C@H]1Cc1ccccc1. The maximum absolute atomic E-state index is 11.9. The molecule has 0 spiro atoms. The van der Waals surface area contributed by atoms with Crippen LogP contribution in [0, 0.1) is 0 Å². The monoisotopic (exact) mass is 223 g/mol. The van der Waals surface area contributed by atoms with Gasteiger partial charge in [-0.05, 0) is 23.6 Å². The van der Waals surface area contributed by atoms with Crippen molar-refractivity contribution >= 4 is 11.6 Å². The molecule has 2 nitrogen and oxygen atoms in total. The molecule has 84 valence electrons. The molecule has 3 rings (SSSR count). The maximum atomic E-state index is 11.9. The van der Waals surface area contributed by atoms with Crippen LogP contribution in [-0.2, 0) is 11.2 Å². The molecule has 1 aliphatic rings. The van der Waals surface area contributed by atoms with E-state index in [0.29, 0.717) is 0 Å². The summed E-state index contributed by atoms with van der Waals surface area (Å²) in [6, 6.07) is 18.1. The van der Waals surface area contributed by atoms with Crippen LogP contribution in [-0.4, -0.2) is 5.91 Å². The quantitative estimate of drug-likeness (QED) is 0.833. The molecule has 0 radical (unpaired) electrons. The molecular weight excluding hydrogens is 210 g/mol. The van der Waals surface area contributed by atoms with Gasteiger partial charge in [-0.2, -0.15) is 0 Å². The summed E-state index contributed by atoms with van der Waals surface area (Å²) >= 11 is 0. The van der Waals surface area contributed by atoms with E-state index in [1.807, 2.05) is 42.5 Å². The van der Waals surface area contributed by atoms with Crippen molar-refractivity contribution in [2.75, 3.05) is 5.32 Å². The summed E-state index contributed by atoms with van der Waals surface area (Å²) in [5.41, 5.74) is 3.27. The van der Waals surface area contributed by atoms with E-state index in [4.69, 9.17) is 0 Å². The largest absolute Gasteiger partial charge is 0.325 e. The predicted molar refractivity (Wildman–Crippen MR) is 68.0 cm³/mol. The average molecular weight is 223 g/mol. The lowest BCUT2D eigenvalue weighted by atomic mass is 9.93. The summed E-state index contributed by atoms with van der Waals surface area (Å²) < 4.78 is 0. The van der Waals surface area contributed by atoms with Gasteiger partial charge in [-0.25, -0.2) is 0 Å². The van der Waals surface area contributed by atoms with Crippen LogP contribution >= 0.6 is 0 Å². The van der Waals surface area contributed by atoms with Gasteiger partial charge in [-0.1, -0.05) is 48.5 Å². The second kappa shape index (κ2) is 4.06. The van der Waals surface area contributed by atoms with Gasteiger partial charge in [0.2, 0.25) is 5.91 Å². The molecule has 0 fully saturated rings. The Morgan fingerprint density at radius 2 is 1.65 bits per heavy atom. The molecular formula is C15H13NO. The molecule has 0 aromatic heterocycles. The van der Waals surface area contributed by atoms with Gasteiger partial charge < -0.3 is 5.32 Å². The molecule has 0 bridgehead atoms. The van der Waals surface area contributed by atoms with E-state index in [9.17, 15) is 4.79 Å². The van der Waals surface area contributed by atoms with Crippen LogP contribution in [0.1, 0.15) is 17.0 Å². The molecule has 1 N–H and O–H groups in total. The number of anilines is 1. The van der Waals surface area contributed by atoms with Gasteiger partial charge >= 0.3 is 0 Å². The smallest absolute Gasteiger partial charge is 0.232 e. The van der Waals surface area contributed by atoms with E-state index in [0.717, 1.165) is 17.7 Å². The minimum Gasteiger partial charge on any atom is -0.325 e. The first-order valence-corrected chi connectivity index (χ1v) is 5.78. The van der Waals surface area contributed by atoms with Gasteiger partial charge in [0.15, 0.2) is 0 Å². The average Bonchev–Trinajstić information content (AvgIpc) is 2.68. The number of carbonyl (C=O) groups is 1. The zero-order valence-electron chi connectivity index (χ0n) is 9.39. The zero-order chi connectivity index (χ0) is 11.7. The van der Waals surface area contributed by atoms with Crippen LogP contribution in [0.4, 0.5) is 5.69 Å². The van der Waals surface area contributed by atoms with E-state index in [-0.39, 0.29) is 11.8 Å². The Hall–Kier alpha value is -2.09. The zero-order valence-corrected chi connectivity index (χ0v) is 9.39. The number of hydrogen-bond donors (Lipinski definition) is 1. The lowest BCUT2D eigenvalue weighted by molar-refractivity contribution is -0.117. The van der Waals surface area contributed by atoms with Crippen molar-refractivity contribution < 1.29 is 4.79 Å². The fourth-order valence-electron chi connectivity index (χ4n) is 2.33. The second-order valence-corrected chi connectivity index (χ2v) is 4.32. The summed E-state index contributed by atoms with van der Waals surface area (Å²) in [6.07, 6.45) is 0.768. The summed E-state index contributed by atoms with van der Waals surface area (Å²) in [4.78, 5) is 11.9. The van der Waals surface area contributed by atoms with Crippen LogP contribution in [0.15, 0.2) is 54.6 Å². The molecule has 0 saturated carbocycles. The first-order valence-electron chi connectivity index (χ1n) is 5.78. The number of rotatable bonds is 2. The van der Waals surface area contributed by atoms with E-state index in [1.165, 1.54) is 5.56 Å². The van der Waals surface area contributed by atoms with Crippen molar-refractivity contribution in [2.45, 2.75) is 12.3 Å². The van der Waals surface area contributed by atoms with Gasteiger partial charge in [0, 0.05) is 5.69 Å². The third kappa shape index (κ3) is 1.82. The lowest BCUT2D eigenvalue weighted by Gasteiger charge is -2.08. The van der Waals surface area contributed by atoms with Crippen LogP contribution in [0.3, 0.4) is 0 Å². The summed E-state index contributed by atoms with van der Waals surface area (Å²) in [5.74, 6) is 0.0589. The molecule has 1 aliphatic heterocycles. The minimum atomic E-state index is -0.0476. The first-order chi connectivity index (χ1) is 8.34. The third-order valence-corrected chi connectivity index (χ3v) is 3.19. The van der Waals surface area contributed by atoms with E-state index < -0.39 is 0 Å². The van der Waals surface area contributed by atoms with E-state index in [1.54, 1.807) is 0 Å². The normalized spacial score (nSPS) is 17.6. The number of benzene rings is 2. The highest BCUT2D eigenvalue weighted by molar-refractivity contribution is 6.02. The van der Waals surface area contributed by atoms with E-state index >= 15 is 0 Å². The van der Waals surface area contributed by atoms with Crippen LogP contribution < -0.4 is 5.32 Å². The van der Waals surface area contributed by atoms with Gasteiger partial charge in [0.05, 0.1) is 5.92 Å². The highest BCUT2D eigenvalue weighted by Crippen LogP contribution is 2.34. The topological polar surface area (TPSA) is 29.1 Å². The Morgan fingerprint density at radius 1 is 0.941 bits per heavy atom. The molecule has 2 aromatic rings. The fourth-order valence-corrected chi connectivity index (χ4v) is 2.33. The van der Waals surface area contributed by atoms with E-state index in [2.05, 4.69) is 17.4 Å². The minimum absolute atomic E-state index is 0.0476. The van der Waals surface area contributed by atoms with Crippen LogP contribution in [0.2, 0.25) is 0 Å². The number of nitrogens with one attached hydrogen (secondary N) is 1. The number of carbonyl (C=O) groups excluding carboxylic acids is 1. The van der Waals surface area contributed by atoms with Gasteiger partial charge in [0.25, 0.3) is 0 Å². The van der Waals surface area contributed by atoms with Gasteiger partial charge in [-0.15, -0.1) is 0 Å². The molecule has 0 saturated heterocycles. The van der Waals surface area contributed by atoms with Crippen molar-refractivity contribution in [3.8, 4) is 0 Å². The molecule has 2 aromatic carbocycles. The summed E-state index contributed by atoms with van der Waals surface area (Å²) in [6.45, 7) is 0. The number of para-hydroxylation sites is 1. The van der Waals surface area contributed by atoms with Crippen molar-refractivity contribution in [2.24, 2.45) is 0 Å². The second-order valence-electron chi connectivity index (χ2n) is 4.32. The Labute approximate surface area is 100 Å². The van der Waals surface area contributed by atoms with Crippen LogP contribution in [0.25, 0.3) is 0 Å².